The molecule has 4 heterocycles. The molecule has 564 valence electrons. The maximum absolute atomic E-state index is 12.4. The van der Waals surface area contributed by atoms with Crippen molar-refractivity contribution in [3.63, 3.8) is 0 Å². The molecular formula is C68H94BCl3O29. The van der Waals surface area contributed by atoms with E-state index in [0.29, 0.717) is 88.0 Å². The van der Waals surface area contributed by atoms with Gasteiger partial charge in [0.25, 0.3) is 0 Å². The van der Waals surface area contributed by atoms with Gasteiger partial charge in [0.15, 0.2) is 0 Å². The molecule has 0 amide bonds. The van der Waals surface area contributed by atoms with Gasteiger partial charge in [0.05, 0.1) is 66.1 Å². The summed E-state index contributed by atoms with van der Waals surface area (Å²) in [6, 6.07) is 27.6. The van der Waals surface area contributed by atoms with Gasteiger partial charge in [-0.15, -0.1) is 34.8 Å². The van der Waals surface area contributed by atoms with E-state index in [2.05, 4.69) is 18.9 Å². The van der Waals surface area contributed by atoms with Gasteiger partial charge in [-0.05, 0) is 94.2 Å². The Morgan fingerprint density at radius 3 is 1.26 bits per heavy atom. The number of cyclic esters (lactones) is 6. The number of rotatable bonds is 28. The van der Waals surface area contributed by atoms with Crippen molar-refractivity contribution >= 4 is 103 Å². The van der Waals surface area contributed by atoms with Gasteiger partial charge in [0, 0.05) is 49.9 Å². The maximum atomic E-state index is 12.4. The molecule has 0 radical (unpaired) electrons. The van der Waals surface area contributed by atoms with Crippen LogP contribution in [0, 0.1) is 28.1 Å². The fourth-order valence-corrected chi connectivity index (χ4v) is 8.53. The third kappa shape index (κ3) is 42.1. The number of carbonyl (C=O) groups excluding carboxylic acids is 10. The van der Waals surface area contributed by atoms with Gasteiger partial charge in [-0.25, -0.2) is 24.0 Å². The van der Waals surface area contributed by atoms with Crippen LogP contribution in [0.25, 0.3) is 0 Å². The second kappa shape index (κ2) is 55.6. The Morgan fingerprint density at radius 2 is 0.881 bits per heavy atom. The van der Waals surface area contributed by atoms with Crippen molar-refractivity contribution in [2.24, 2.45) is 28.1 Å². The Balaban J connectivity index is 0.000000641. The number of carbonyl (C=O) groups is 10. The van der Waals surface area contributed by atoms with Crippen LogP contribution in [0.2, 0.25) is 0 Å². The first-order valence-corrected chi connectivity index (χ1v) is 33.9. The van der Waals surface area contributed by atoms with Crippen LogP contribution in [-0.2, 0) is 120 Å². The average molecular weight is 1490 g/mol. The Morgan fingerprint density at radius 1 is 0.505 bits per heavy atom. The molecule has 101 heavy (non-hydrogen) atoms. The van der Waals surface area contributed by atoms with E-state index in [0.717, 1.165) is 48.8 Å². The van der Waals surface area contributed by atoms with Crippen LogP contribution in [0.15, 0.2) is 91.0 Å². The molecule has 4 atom stereocenters. The standard InChI is InChI=1S/C20H27ClO9.C16H21ClO6.C12H18O4.C9H13ClO5.C7H8O.C4H6O3.BHO/c1-20(17(23)26-11-5-9-21,14-29-18(24)27-12-6-10-22)15-30-19(25)28-13-16-7-3-2-4-8-16;1-16(11-18,14(19)21-9-5-8-17)12-23-15(20)22-10-13-6-3-2-4-7-13;13-11-3-1-9(5-7-15-11)10-2-4-12(14)16-8-6-10;1-9(5-14-8(12)15-6-9)7(11)13-4-2-3-10;8-6-7-4-2-1-3-5-7;5-4-6-2-1-3-7-4;1-2/h2-4,7-8,22H,5-6,9-15H2,1H3;2-4,6-7,18H,5,8-12H2,1H3;9-10H,1-8H2;2-6H2,1H3;1-5,8H,6H2;1-3H2;1H/i;;;;;;1D. The van der Waals surface area contributed by atoms with Crippen molar-refractivity contribution in [3.05, 3.63) is 108 Å². The summed E-state index contributed by atoms with van der Waals surface area (Å²) in [5, 5.41) is 26.6. The van der Waals surface area contributed by atoms with Crippen LogP contribution in [-0.4, -0.2) is 202 Å². The van der Waals surface area contributed by atoms with Crippen LogP contribution >= 0.6 is 34.8 Å². The van der Waals surface area contributed by atoms with Gasteiger partial charge in [-0.2, -0.15) is 0 Å². The average Bonchev–Trinajstić information content (AvgIpc) is 0.961. The summed E-state index contributed by atoms with van der Waals surface area (Å²) >= 11 is 16.5. The molecule has 3 aromatic carbocycles. The first kappa shape index (κ1) is 89.1. The zero-order valence-electron chi connectivity index (χ0n) is 58.1. The summed E-state index contributed by atoms with van der Waals surface area (Å²) in [6.45, 7) is 5.35. The van der Waals surface area contributed by atoms with Crippen LogP contribution in [0.1, 0.15) is 108 Å². The second-order valence-electron chi connectivity index (χ2n) is 22.9. The summed E-state index contributed by atoms with van der Waals surface area (Å²) in [6.07, 6.45) is 3.14. The van der Waals surface area contributed by atoms with Gasteiger partial charge < -0.3 is 86.4 Å². The van der Waals surface area contributed by atoms with Crippen molar-refractivity contribution in [2.75, 3.05) is 117 Å². The quantitative estimate of drug-likeness (QED) is 0.0200. The number of hydrogen-bond acceptors (Lipinski definition) is 29. The topological polar surface area (TPSA) is 387 Å². The predicted molar refractivity (Wildman–Crippen MR) is 360 cm³/mol. The second-order valence-corrected chi connectivity index (χ2v) is 24.0. The third-order valence-electron chi connectivity index (χ3n) is 14.2. The van der Waals surface area contributed by atoms with Gasteiger partial charge in [0.1, 0.15) is 62.5 Å². The van der Waals surface area contributed by atoms with E-state index in [9.17, 15) is 53.1 Å². The van der Waals surface area contributed by atoms with E-state index in [1.54, 1.807) is 43.3 Å². The molecular weight excluding hydrogens is 1400 g/mol. The number of halogens is 3. The third-order valence-corrected chi connectivity index (χ3v) is 15.0. The number of benzene rings is 3. The first-order chi connectivity index (χ1) is 49.0. The summed E-state index contributed by atoms with van der Waals surface area (Å²) in [7, 11) is 0. The molecule has 4 aliphatic heterocycles. The minimum absolute atomic E-state index is 0. The van der Waals surface area contributed by atoms with Crippen molar-refractivity contribution in [3.8, 4) is 0 Å². The fourth-order valence-electron chi connectivity index (χ4n) is 8.21. The monoisotopic (exact) mass is 1490 g/mol. The molecule has 4 unspecified atom stereocenters. The molecule has 0 bridgehead atoms. The number of hydrogen-bond donors (Lipinski definition) is 3. The van der Waals surface area contributed by atoms with Gasteiger partial charge in [-0.1, -0.05) is 91.0 Å². The van der Waals surface area contributed by atoms with E-state index < -0.39 is 84.8 Å². The molecule has 4 saturated heterocycles. The van der Waals surface area contributed by atoms with Gasteiger partial charge >= 0.3 is 74.3 Å². The number of ether oxygens (including phenoxy) is 15. The zero-order chi connectivity index (χ0) is 75.7. The van der Waals surface area contributed by atoms with Gasteiger partial charge in [-0.3, -0.25) is 24.0 Å². The van der Waals surface area contributed by atoms with E-state index >= 15 is 0 Å². The molecule has 4 fully saturated rings. The first-order valence-electron chi connectivity index (χ1n) is 32.8. The summed E-state index contributed by atoms with van der Waals surface area (Å²) < 4.78 is 86.8. The molecule has 0 spiro atoms. The van der Waals surface area contributed by atoms with Crippen LogP contribution in [0.4, 0.5) is 24.0 Å². The normalized spacial score (nSPS) is 16.8. The van der Waals surface area contributed by atoms with E-state index in [1.165, 1.54) is 13.8 Å². The SMILES string of the molecule is CC(CO)(COC(=O)OCc1ccccc1)C(=O)OCCCCl.CC(COC(=O)OCCCO)(COC(=O)OCc1ccccc1)C(=O)OCCCCl.CC1(C(=O)OCCCCl)COC(=O)OC1.O=C1CCC(C2CCOC(=O)CC2)CCO1.O=C1OCCCO1.OCc1ccccc1.[2H]B=O. The number of aliphatic hydroxyl groups is 3. The molecule has 3 N–H and O–H groups in total. The molecule has 4 aliphatic rings. The van der Waals surface area contributed by atoms with Gasteiger partial charge in [0.2, 0.25) is 0 Å². The molecule has 3 aromatic rings. The molecule has 7 rings (SSSR count). The van der Waals surface area contributed by atoms with E-state index in [-0.39, 0.29) is 98.7 Å². The van der Waals surface area contributed by atoms with Crippen molar-refractivity contribution in [1.29, 1.82) is 1.34 Å². The Labute approximate surface area is 604 Å². The molecule has 0 aromatic heterocycles. The Bertz CT molecular complexity index is 2830. The molecule has 0 saturated carbocycles. The molecule has 29 nitrogen and oxygen atoms in total. The zero-order valence-corrected chi connectivity index (χ0v) is 59.4. The summed E-state index contributed by atoms with van der Waals surface area (Å²) in [5.74, 6) is 0.169. The summed E-state index contributed by atoms with van der Waals surface area (Å²) in [5.41, 5.74) is -1.17. The molecule has 33 heteroatoms. The van der Waals surface area contributed by atoms with E-state index in [4.69, 9.17) is 103 Å². The predicted octanol–water partition coefficient (Wildman–Crippen LogP) is 9.52. The van der Waals surface area contributed by atoms with Crippen LogP contribution < -0.4 is 0 Å². The fraction of sp³-hybridized carbons (Fsp3) is 0.588. The Kier molecular flexibility index (Phi) is 49.1. The van der Waals surface area contributed by atoms with Crippen molar-refractivity contribution in [1.82, 2.24) is 0 Å². The van der Waals surface area contributed by atoms with Crippen LogP contribution in [0.3, 0.4) is 0 Å². The number of aliphatic hydroxyl groups excluding tert-OH is 3. The Hall–Kier alpha value is -8.03. The number of esters is 5. The van der Waals surface area contributed by atoms with Crippen LogP contribution in [0.5, 0.6) is 0 Å². The van der Waals surface area contributed by atoms with E-state index in [1.807, 2.05) is 54.6 Å². The molecule has 0 aliphatic carbocycles. The minimum atomic E-state index is -1.48. The van der Waals surface area contributed by atoms with Crippen molar-refractivity contribution < 1.29 is 139 Å². The van der Waals surface area contributed by atoms with Crippen molar-refractivity contribution in [2.45, 2.75) is 111 Å². The summed E-state index contributed by atoms with van der Waals surface area (Å²) in [4.78, 5) is 114. The number of alkyl halides is 3.